The highest BCUT2D eigenvalue weighted by molar-refractivity contribution is 7.14. The molecule has 1 aromatic rings. The van der Waals surface area contributed by atoms with E-state index in [1.807, 2.05) is 0 Å². The maximum atomic E-state index is 11.9. The summed E-state index contributed by atoms with van der Waals surface area (Å²) >= 11 is 1.30. The first kappa shape index (κ1) is 14.0. The van der Waals surface area contributed by atoms with Crippen molar-refractivity contribution in [2.45, 2.75) is 38.2 Å². The van der Waals surface area contributed by atoms with Crippen LogP contribution in [0.5, 0.6) is 0 Å². The average molecular weight is 283 g/mol. The van der Waals surface area contributed by atoms with E-state index < -0.39 is 0 Å². The molecule has 0 aromatic carbocycles. The Labute approximate surface area is 115 Å². The van der Waals surface area contributed by atoms with Gasteiger partial charge in [-0.15, -0.1) is 11.3 Å². The van der Waals surface area contributed by atoms with Crippen LogP contribution in [0, 0.1) is 0 Å². The van der Waals surface area contributed by atoms with Crippen molar-refractivity contribution in [3.8, 4) is 0 Å². The van der Waals surface area contributed by atoms with Gasteiger partial charge in [0.05, 0.1) is 12.0 Å². The number of rotatable bonds is 5. The highest BCUT2D eigenvalue weighted by Crippen LogP contribution is 2.38. The van der Waals surface area contributed by atoms with Crippen LogP contribution >= 0.6 is 11.3 Å². The van der Waals surface area contributed by atoms with Crippen molar-refractivity contribution in [3.05, 3.63) is 11.1 Å². The molecule has 0 bridgehead atoms. The molecule has 1 amide bonds. The molecule has 1 saturated carbocycles. The highest BCUT2D eigenvalue weighted by atomic mass is 32.1. The molecule has 1 aromatic heterocycles. The summed E-state index contributed by atoms with van der Waals surface area (Å²) in [5.74, 6) is -0.0963. The van der Waals surface area contributed by atoms with Gasteiger partial charge in [0, 0.05) is 12.5 Å². The molecule has 6 nitrogen and oxygen atoms in total. The van der Waals surface area contributed by atoms with E-state index in [1.165, 1.54) is 11.3 Å². The van der Waals surface area contributed by atoms with E-state index in [0.717, 1.165) is 19.3 Å². The van der Waals surface area contributed by atoms with Gasteiger partial charge in [0.25, 0.3) is 0 Å². The van der Waals surface area contributed by atoms with Crippen molar-refractivity contribution in [2.75, 3.05) is 12.4 Å². The molecule has 2 rings (SSSR count). The van der Waals surface area contributed by atoms with Gasteiger partial charge >= 0.3 is 0 Å². The van der Waals surface area contributed by atoms with E-state index in [0.29, 0.717) is 23.0 Å². The number of nitrogens with zero attached hydrogens (tertiary/aromatic N) is 2. The summed E-state index contributed by atoms with van der Waals surface area (Å²) in [6.45, 7) is 1.65. The average Bonchev–Trinajstić information content (AvgIpc) is 2.81. The number of methoxy groups -OCH3 is 1. The third-order valence-corrected chi connectivity index (χ3v) is 4.21. The summed E-state index contributed by atoms with van der Waals surface area (Å²) in [6, 6.07) is 0. The molecule has 0 aliphatic heterocycles. The quantitative estimate of drug-likeness (QED) is 0.493. The highest BCUT2D eigenvalue weighted by Gasteiger charge is 2.39. The lowest BCUT2D eigenvalue weighted by molar-refractivity contribution is -0.129. The van der Waals surface area contributed by atoms with Crippen LogP contribution in [0.4, 0.5) is 5.13 Å². The summed E-state index contributed by atoms with van der Waals surface area (Å²) < 4.78 is 5.41. The maximum absolute atomic E-state index is 11.9. The van der Waals surface area contributed by atoms with Gasteiger partial charge in [0.15, 0.2) is 5.13 Å². The number of carbonyl (C=O) groups is 1. The van der Waals surface area contributed by atoms with Gasteiger partial charge in [-0.1, -0.05) is 5.16 Å². The Kier molecular flexibility index (Phi) is 4.16. The number of hydrogen-bond acceptors (Lipinski definition) is 6. The summed E-state index contributed by atoms with van der Waals surface area (Å²) in [4.78, 5) is 16.1. The number of nitrogens with one attached hydrogen (secondary N) is 1. The first-order valence-electron chi connectivity index (χ1n) is 6.08. The van der Waals surface area contributed by atoms with Crippen LogP contribution < -0.4 is 5.32 Å². The smallest absolute Gasteiger partial charge is 0.229 e. The Morgan fingerprint density at radius 3 is 2.95 bits per heavy atom. The maximum Gasteiger partial charge on any atom is 0.229 e. The monoisotopic (exact) mass is 283 g/mol. The molecule has 0 atom stereocenters. The largest absolute Gasteiger partial charge is 0.411 e. The van der Waals surface area contributed by atoms with E-state index in [9.17, 15) is 4.79 Å². The molecule has 1 heterocycles. The van der Waals surface area contributed by atoms with E-state index in [-0.39, 0.29) is 11.5 Å². The second-order valence-corrected chi connectivity index (χ2v) is 5.55. The molecule has 0 unspecified atom stereocenters. The first-order valence-corrected chi connectivity index (χ1v) is 6.96. The first-order chi connectivity index (χ1) is 9.08. The second kappa shape index (κ2) is 5.66. The Balaban J connectivity index is 1.94. The molecule has 7 heteroatoms. The molecule has 0 saturated heterocycles. The summed E-state index contributed by atoms with van der Waals surface area (Å²) in [7, 11) is 1.65. The zero-order valence-electron chi connectivity index (χ0n) is 11.0. The van der Waals surface area contributed by atoms with Crippen LogP contribution in [0.3, 0.4) is 0 Å². The fraction of sp³-hybridized carbons (Fsp3) is 0.583. The predicted molar refractivity (Wildman–Crippen MR) is 72.9 cm³/mol. The minimum atomic E-state index is -0.285. The summed E-state index contributed by atoms with van der Waals surface area (Å²) in [6.07, 6.45) is 3.31. The van der Waals surface area contributed by atoms with Crippen LogP contribution in [-0.2, 0) is 9.53 Å². The minimum absolute atomic E-state index is 0.0963. The Bertz CT molecular complexity index is 489. The SMILES string of the molecule is COC1(CC(=O)Nc2nc(C(C)=NO)cs2)CCC1. The van der Waals surface area contributed by atoms with Crippen molar-refractivity contribution in [3.63, 3.8) is 0 Å². The van der Waals surface area contributed by atoms with Crippen molar-refractivity contribution in [2.24, 2.45) is 5.16 Å². The number of thiazole rings is 1. The standard InChI is InChI=1S/C12H17N3O3S/c1-8(15-17)9-7-19-11(13-9)14-10(16)6-12(18-2)4-3-5-12/h7,17H,3-6H2,1-2H3,(H,13,14,16). The van der Waals surface area contributed by atoms with Crippen molar-refractivity contribution in [1.82, 2.24) is 4.98 Å². The zero-order valence-corrected chi connectivity index (χ0v) is 11.8. The molecular weight excluding hydrogens is 266 g/mol. The molecular formula is C12H17N3O3S. The van der Waals surface area contributed by atoms with Gasteiger partial charge in [-0.3, -0.25) is 4.79 Å². The molecule has 1 aliphatic rings. The Morgan fingerprint density at radius 2 is 2.42 bits per heavy atom. The van der Waals surface area contributed by atoms with Crippen LogP contribution in [0.25, 0.3) is 0 Å². The van der Waals surface area contributed by atoms with Gasteiger partial charge < -0.3 is 15.3 Å². The van der Waals surface area contributed by atoms with Gasteiger partial charge in [0.2, 0.25) is 5.91 Å². The second-order valence-electron chi connectivity index (χ2n) is 4.69. The van der Waals surface area contributed by atoms with Crippen LogP contribution in [0.15, 0.2) is 10.5 Å². The number of hydrogen-bond donors (Lipinski definition) is 2. The van der Waals surface area contributed by atoms with Crippen LogP contribution in [-0.4, -0.2) is 34.5 Å². The molecule has 0 spiro atoms. The zero-order chi connectivity index (χ0) is 13.9. The van der Waals surface area contributed by atoms with Gasteiger partial charge in [-0.25, -0.2) is 4.98 Å². The molecule has 1 aliphatic carbocycles. The van der Waals surface area contributed by atoms with E-state index in [4.69, 9.17) is 9.94 Å². The van der Waals surface area contributed by atoms with Crippen LogP contribution in [0.1, 0.15) is 38.3 Å². The Morgan fingerprint density at radius 1 is 1.68 bits per heavy atom. The molecule has 1 fully saturated rings. The van der Waals surface area contributed by atoms with E-state index in [2.05, 4.69) is 15.5 Å². The molecule has 104 valence electrons. The number of oxime groups is 1. The number of ether oxygens (including phenoxy) is 1. The number of aromatic nitrogens is 1. The molecule has 2 N–H and O–H groups in total. The topological polar surface area (TPSA) is 83.8 Å². The molecule has 0 radical (unpaired) electrons. The third kappa shape index (κ3) is 3.10. The van der Waals surface area contributed by atoms with Gasteiger partial charge in [-0.05, 0) is 26.2 Å². The number of amides is 1. The number of anilines is 1. The van der Waals surface area contributed by atoms with Crippen LogP contribution in [0.2, 0.25) is 0 Å². The van der Waals surface area contributed by atoms with Crippen molar-refractivity contribution >= 4 is 28.1 Å². The fourth-order valence-electron chi connectivity index (χ4n) is 2.03. The predicted octanol–water partition coefficient (Wildman–Crippen LogP) is 2.24. The van der Waals surface area contributed by atoms with Gasteiger partial charge in [-0.2, -0.15) is 0 Å². The normalized spacial score (nSPS) is 17.9. The van der Waals surface area contributed by atoms with E-state index >= 15 is 0 Å². The summed E-state index contributed by atoms with van der Waals surface area (Å²) in [5.41, 5.74) is 0.698. The lowest BCUT2D eigenvalue weighted by Gasteiger charge is -2.39. The lowest BCUT2D eigenvalue weighted by Crippen LogP contribution is -2.42. The third-order valence-electron chi connectivity index (χ3n) is 3.45. The fourth-order valence-corrected chi connectivity index (χ4v) is 2.80. The Hall–Kier alpha value is -1.47. The molecule has 19 heavy (non-hydrogen) atoms. The van der Waals surface area contributed by atoms with Gasteiger partial charge in [0.1, 0.15) is 11.4 Å². The van der Waals surface area contributed by atoms with Crippen molar-refractivity contribution < 1.29 is 14.7 Å². The lowest BCUT2D eigenvalue weighted by atomic mass is 9.77. The van der Waals surface area contributed by atoms with Crippen molar-refractivity contribution in [1.29, 1.82) is 0 Å². The van der Waals surface area contributed by atoms with E-state index in [1.54, 1.807) is 19.4 Å². The number of carbonyl (C=O) groups excluding carboxylic acids is 1. The summed E-state index contributed by atoms with van der Waals surface area (Å²) in [5, 5.41) is 16.7. The minimum Gasteiger partial charge on any atom is -0.411 e.